The molecule has 2 aromatic heterocycles. The van der Waals surface area contributed by atoms with Crippen molar-refractivity contribution in [3.8, 4) is 11.4 Å². The number of carbonyl (C=O) groups is 1. The van der Waals surface area contributed by atoms with Crippen LogP contribution in [0.2, 0.25) is 0 Å². The van der Waals surface area contributed by atoms with Crippen LogP contribution >= 0.6 is 11.8 Å². The van der Waals surface area contributed by atoms with Gasteiger partial charge in [0.25, 0.3) is 0 Å². The van der Waals surface area contributed by atoms with E-state index in [1.165, 1.54) is 11.8 Å². The summed E-state index contributed by atoms with van der Waals surface area (Å²) in [6.07, 6.45) is 5.82. The van der Waals surface area contributed by atoms with Gasteiger partial charge in [-0.2, -0.15) is 0 Å². The Balaban J connectivity index is 1.70. The molecule has 0 unspecified atom stereocenters. The molecule has 1 N–H and O–H groups in total. The Morgan fingerprint density at radius 1 is 1.38 bits per heavy atom. The molecule has 1 saturated carbocycles. The van der Waals surface area contributed by atoms with Crippen molar-refractivity contribution in [2.24, 2.45) is 5.92 Å². The van der Waals surface area contributed by atoms with E-state index in [4.69, 9.17) is 0 Å². The summed E-state index contributed by atoms with van der Waals surface area (Å²) in [6, 6.07) is 4.50. The number of rotatable bonds is 7. The molecule has 1 atom stereocenters. The number of thioether (sulfide) groups is 1. The van der Waals surface area contributed by atoms with E-state index in [0.717, 1.165) is 29.4 Å². The molecule has 1 amide bonds. The third kappa shape index (κ3) is 3.95. The molecule has 0 saturated heterocycles. The zero-order valence-electron chi connectivity index (χ0n) is 14.3. The number of amides is 1. The monoisotopic (exact) mass is 345 g/mol. The highest BCUT2D eigenvalue weighted by Crippen LogP contribution is 2.40. The second-order valence-electron chi connectivity index (χ2n) is 6.54. The predicted molar refractivity (Wildman–Crippen MR) is 94.7 cm³/mol. The minimum absolute atomic E-state index is 0.0366. The largest absolute Gasteiger partial charge is 0.353 e. The van der Waals surface area contributed by atoms with Gasteiger partial charge in [0.1, 0.15) is 0 Å². The van der Waals surface area contributed by atoms with Gasteiger partial charge >= 0.3 is 0 Å². The average molecular weight is 345 g/mol. The Hall–Kier alpha value is -1.89. The Morgan fingerprint density at radius 3 is 2.79 bits per heavy atom. The molecule has 3 rings (SSSR count). The van der Waals surface area contributed by atoms with Gasteiger partial charge in [-0.15, -0.1) is 10.2 Å². The molecule has 2 heterocycles. The Kier molecular flexibility index (Phi) is 5.18. The summed E-state index contributed by atoms with van der Waals surface area (Å²) in [5.74, 6) is 1.65. The van der Waals surface area contributed by atoms with Crippen LogP contribution in [0.15, 0.2) is 29.7 Å². The molecule has 24 heavy (non-hydrogen) atoms. The normalized spacial score (nSPS) is 15.5. The lowest BCUT2D eigenvalue weighted by molar-refractivity contribution is -0.119. The number of nitrogens with one attached hydrogen (secondary N) is 1. The van der Waals surface area contributed by atoms with Crippen LogP contribution in [0.25, 0.3) is 11.4 Å². The second-order valence-corrected chi connectivity index (χ2v) is 7.48. The standard InChI is InChI=1S/C17H23N5OS/c1-11(2)12(3)19-15(23)10-24-17-21-20-16(22(17)14-6-7-14)13-5-4-8-18-9-13/h4-5,8-9,11-12,14H,6-7,10H2,1-3H3,(H,19,23)/t12-/m1/s1. The fourth-order valence-electron chi connectivity index (χ4n) is 2.32. The molecular formula is C17H23N5OS. The lowest BCUT2D eigenvalue weighted by Gasteiger charge is -2.17. The van der Waals surface area contributed by atoms with Crippen molar-refractivity contribution in [2.45, 2.75) is 50.9 Å². The van der Waals surface area contributed by atoms with E-state index in [2.05, 4.69) is 38.9 Å². The first kappa shape index (κ1) is 17.0. The van der Waals surface area contributed by atoms with E-state index in [9.17, 15) is 4.79 Å². The highest BCUT2D eigenvalue weighted by molar-refractivity contribution is 7.99. The Labute approximate surface area is 146 Å². The van der Waals surface area contributed by atoms with E-state index < -0.39 is 0 Å². The molecule has 0 spiro atoms. The van der Waals surface area contributed by atoms with Crippen LogP contribution in [0.1, 0.15) is 39.7 Å². The molecule has 0 radical (unpaired) electrons. The minimum Gasteiger partial charge on any atom is -0.353 e. The molecule has 1 aliphatic rings. The summed E-state index contributed by atoms with van der Waals surface area (Å²) in [7, 11) is 0. The number of pyridine rings is 1. The van der Waals surface area contributed by atoms with Gasteiger partial charge in [-0.3, -0.25) is 14.3 Å². The molecule has 0 bridgehead atoms. The molecule has 0 aromatic carbocycles. The topological polar surface area (TPSA) is 72.7 Å². The summed E-state index contributed by atoms with van der Waals surface area (Å²) in [5.41, 5.74) is 0.960. The zero-order valence-corrected chi connectivity index (χ0v) is 15.1. The van der Waals surface area contributed by atoms with E-state index in [1.54, 1.807) is 12.4 Å². The second kappa shape index (κ2) is 7.34. The van der Waals surface area contributed by atoms with Crippen LogP contribution < -0.4 is 5.32 Å². The van der Waals surface area contributed by atoms with E-state index in [1.807, 2.05) is 19.1 Å². The van der Waals surface area contributed by atoms with Crippen LogP contribution in [0.4, 0.5) is 0 Å². The number of hydrogen-bond acceptors (Lipinski definition) is 5. The third-order valence-electron chi connectivity index (χ3n) is 4.22. The van der Waals surface area contributed by atoms with Crippen molar-refractivity contribution < 1.29 is 4.79 Å². The highest BCUT2D eigenvalue weighted by atomic mass is 32.2. The van der Waals surface area contributed by atoms with E-state index in [0.29, 0.717) is 17.7 Å². The molecule has 1 aliphatic carbocycles. The van der Waals surface area contributed by atoms with Gasteiger partial charge in [-0.05, 0) is 37.8 Å². The van der Waals surface area contributed by atoms with Crippen LogP contribution in [-0.4, -0.2) is 37.5 Å². The van der Waals surface area contributed by atoms with Crippen molar-refractivity contribution in [2.75, 3.05) is 5.75 Å². The molecule has 2 aromatic rings. The van der Waals surface area contributed by atoms with Gasteiger partial charge in [-0.25, -0.2) is 0 Å². The minimum atomic E-state index is 0.0366. The molecule has 0 aliphatic heterocycles. The van der Waals surface area contributed by atoms with Gasteiger partial charge in [0, 0.05) is 30.0 Å². The molecule has 7 heteroatoms. The number of nitrogens with zero attached hydrogens (tertiary/aromatic N) is 4. The van der Waals surface area contributed by atoms with Crippen LogP contribution in [0, 0.1) is 5.92 Å². The summed E-state index contributed by atoms with van der Waals surface area (Å²) >= 11 is 1.45. The van der Waals surface area contributed by atoms with Gasteiger partial charge < -0.3 is 5.32 Å². The molecule has 128 valence electrons. The van der Waals surface area contributed by atoms with Crippen molar-refractivity contribution in [1.82, 2.24) is 25.1 Å². The fourth-order valence-corrected chi connectivity index (χ4v) is 3.14. The van der Waals surface area contributed by atoms with E-state index >= 15 is 0 Å². The van der Waals surface area contributed by atoms with Crippen LogP contribution in [-0.2, 0) is 4.79 Å². The van der Waals surface area contributed by atoms with E-state index in [-0.39, 0.29) is 11.9 Å². The van der Waals surface area contributed by atoms with Gasteiger partial charge in [0.2, 0.25) is 5.91 Å². The molecule has 1 fully saturated rings. The quantitative estimate of drug-likeness (QED) is 0.781. The average Bonchev–Trinajstić information content (AvgIpc) is 3.33. The van der Waals surface area contributed by atoms with Crippen LogP contribution in [0.3, 0.4) is 0 Å². The lowest BCUT2D eigenvalue weighted by Crippen LogP contribution is -2.37. The predicted octanol–water partition coefficient (Wildman–Crippen LogP) is 2.93. The summed E-state index contributed by atoms with van der Waals surface area (Å²) in [4.78, 5) is 16.3. The maximum absolute atomic E-state index is 12.1. The van der Waals surface area contributed by atoms with Gasteiger partial charge in [0.15, 0.2) is 11.0 Å². The lowest BCUT2D eigenvalue weighted by atomic mass is 10.1. The number of aromatic nitrogens is 4. The first-order valence-corrected chi connectivity index (χ1v) is 9.32. The van der Waals surface area contributed by atoms with Crippen molar-refractivity contribution in [3.63, 3.8) is 0 Å². The number of carbonyl (C=O) groups excluding carboxylic acids is 1. The van der Waals surface area contributed by atoms with Crippen molar-refractivity contribution >= 4 is 17.7 Å². The highest BCUT2D eigenvalue weighted by Gasteiger charge is 2.30. The maximum Gasteiger partial charge on any atom is 0.230 e. The molecular weight excluding hydrogens is 322 g/mol. The smallest absolute Gasteiger partial charge is 0.230 e. The van der Waals surface area contributed by atoms with Gasteiger partial charge in [-0.1, -0.05) is 25.6 Å². The summed E-state index contributed by atoms with van der Waals surface area (Å²) in [6.45, 7) is 6.23. The van der Waals surface area contributed by atoms with Gasteiger partial charge in [0.05, 0.1) is 5.75 Å². The van der Waals surface area contributed by atoms with Crippen molar-refractivity contribution in [3.05, 3.63) is 24.5 Å². The Morgan fingerprint density at radius 2 is 2.17 bits per heavy atom. The van der Waals surface area contributed by atoms with Crippen LogP contribution in [0.5, 0.6) is 0 Å². The Bertz CT molecular complexity index is 696. The molecule has 6 nitrogen and oxygen atoms in total. The maximum atomic E-state index is 12.1. The SMILES string of the molecule is CC(C)[C@@H](C)NC(=O)CSc1nnc(-c2cccnc2)n1C1CC1. The fraction of sp³-hybridized carbons (Fsp3) is 0.529. The summed E-state index contributed by atoms with van der Waals surface area (Å²) in [5, 5.41) is 12.5. The first-order chi connectivity index (χ1) is 11.6. The first-order valence-electron chi connectivity index (χ1n) is 8.33. The third-order valence-corrected chi connectivity index (χ3v) is 5.16. The zero-order chi connectivity index (χ0) is 17.1. The summed E-state index contributed by atoms with van der Waals surface area (Å²) < 4.78 is 2.15. The number of hydrogen-bond donors (Lipinski definition) is 1. The van der Waals surface area contributed by atoms with Crippen molar-refractivity contribution in [1.29, 1.82) is 0 Å².